The predicted octanol–water partition coefficient (Wildman–Crippen LogP) is 12.9. The molecule has 0 bridgehead atoms. The number of halogens is 2. The molecule has 0 aliphatic heterocycles. The average Bonchev–Trinajstić information content (AvgIpc) is 3.50. The molecule has 0 N–H and O–H groups in total. The molecule has 5 atom stereocenters. The third-order valence-electron chi connectivity index (χ3n) is 16.7. The molecule has 5 unspecified atom stereocenters. The van der Waals surface area contributed by atoms with Crippen LogP contribution in [0.3, 0.4) is 0 Å². The van der Waals surface area contributed by atoms with Crippen LogP contribution in [0.5, 0.6) is 0 Å². The number of benzene rings is 2. The molecule has 3 heteroatoms. The van der Waals surface area contributed by atoms with Crippen molar-refractivity contribution < 1.29 is 19.8 Å². The normalized spacial score (nSPS) is 31.7. The van der Waals surface area contributed by atoms with Crippen LogP contribution >= 0.6 is 24.8 Å². The first kappa shape index (κ1) is 38.7. The molecule has 0 aromatic heterocycles. The average molecular weight is 776 g/mol. The van der Waals surface area contributed by atoms with E-state index in [1.165, 1.54) is 28.7 Å². The molecule has 1 saturated carbocycles. The van der Waals surface area contributed by atoms with E-state index in [1.807, 2.05) is 0 Å². The molecule has 2 aromatic rings. The topological polar surface area (TPSA) is 0 Å². The van der Waals surface area contributed by atoms with Crippen LogP contribution in [0.4, 0.5) is 0 Å². The van der Waals surface area contributed by atoms with E-state index in [4.69, 9.17) is 4.21 Å². The van der Waals surface area contributed by atoms with E-state index < -0.39 is 19.8 Å². The fraction of sp³-hybridized carbons (Fsp3) is 0.500. The Morgan fingerprint density at radius 3 is 1.96 bits per heavy atom. The number of allylic oxidation sites excluding steroid dienone is 10. The minimum atomic E-state index is -4.01. The van der Waals surface area contributed by atoms with Gasteiger partial charge in [0.05, 0.1) is 0 Å². The molecule has 49 heavy (non-hydrogen) atoms. The number of hydrogen-bond donors (Lipinski definition) is 0. The summed E-state index contributed by atoms with van der Waals surface area (Å²) in [5.74, 6) is 0.919. The van der Waals surface area contributed by atoms with E-state index in [2.05, 4.69) is 151 Å². The van der Waals surface area contributed by atoms with E-state index in [9.17, 15) is 0 Å². The van der Waals surface area contributed by atoms with Crippen molar-refractivity contribution in [3.8, 4) is 0 Å². The summed E-state index contributed by atoms with van der Waals surface area (Å²) in [5, 5.41) is 0. The van der Waals surface area contributed by atoms with Gasteiger partial charge in [0.15, 0.2) is 0 Å². The van der Waals surface area contributed by atoms with Gasteiger partial charge in [0.25, 0.3) is 0 Å². The fourth-order valence-corrected chi connectivity index (χ4v) is 27.4. The Balaban J connectivity index is 0.00000234. The first-order valence-electron chi connectivity index (χ1n) is 18.4. The van der Waals surface area contributed by atoms with Crippen molar-refractivity contribution in [2.75, 3.05) is 0 Å². The zero-order valence-corrected chi connectivity index (χ0v) is 36.7. The van der Waals surface area contributed by atoms with Crippen LogP contribution in [-0.2, 0) is 26.2 Å². The van der Waals surface area contributed by atoms with Crippen LogP contribution in [-0.4, -0.2) is 4.21 Å². The summed E-state index contributed by atoms with van der Waals surface area (Å²) in [6.45, 7) is 33.5. The van der Waals surface area contributed by atoms with Gasteiger partial charge in [-0.15, -0.1) is 24.8 Å². The quantitative estimate of drug-likeness (QED) is 0.291. The number of rotatable bonds is 3. The summed E-state index contributed by atoms with van der Waals surface area (Å²) >= 11 is -4.01. The second-order valence-corrected chi connectivity index (χ2v) is 27.7. The van der Waals surface area contributed by atoms with Gasteiger partial charge >= 0.3 is 293 Å². The molecule has 7 rings (SSSR count). The van der Waals surface area contributed by atoms with Crippen molar-refractivity contribution in [2.45, 2.75) is 112 Å². The number of hydrogen-bond acceptors (Lipinski definition) is 0. The van der Waals surface area contributed by atoms with Gasteiger partial charge in [-0.1, -0.05) is 0 Å². The second kappa shape index (κ2) is 12.0. The van der Waals surface area contributed by atoms with Crippen LogP contribution in [0, 0.1) is 40.4 Å². The molecule has 5 aliphatic carbocycles. The molecule has 0 radical (unpaired) electrons. The summed E-state index contributed by atoms with van der Waals surface area (Å²) < 4.78 is 9.09. The van der Waals surface area contributed by atoms with E-state index in [-0.39, 0.29) is 49.6 Å². The minimum absolute atomic E-state index is 0. The first-order valence-corrected chi connectivity index (χ1v) is 23.8. The van der Waals surface area contributed by atoms with Gasteiger partial charge in [-0.2, -0.15) is 0 Å². The van der Waals surface area contributed by atoms with Crippen molar-refractivity contribution in [2.24, 2.45) is 33.5 Å². The van der Waals surface area contributed by atoms with Gasteiger partial charge < -0.3 is 0 Å². The zero-order chi connectivity index (χ0) is 34.3. The fourth-order valence-electron chi connectivity index (χ4n) is 12.3. The number of fused-ring (bicyclic) bond motifs is 6. The van der Waals surface area contributed by atoms with E-state index in [0.717, 1.165) is 12.8 Å². The van der Waals surface area contributed by atoms with Gasteiger partial charge in [-0.25, -0.2) is 0 Å². The third-order valence-corrected chi connectivity index (χ3v) is 30.6. The second-order valence-electron chi connectivity index (χ2n) is 18.1. The summed E-state index contributed by atoms with van der Waals surface area (Å²) in [7, 11) is 0. The van der Waals surface area contributed by atoms with E-state index >= 15 is 0 Å². The van der Waals surface area contributed by atoms with Crippen molar-refractivity contribution in [1.29, 1.82) is 0 Å². The summed E-state index contributed by atoms with van der Waals surface area (Å²) in [4.78, 5) is 0. The zero-order valence-electron chi connectivity index (χ0n) is 32.6. The Hall–Kier alpha value is -1.53. The van der Waals surface area contributed by atoms with Crippen LogP contribution < -0.4 is 3.27 Å². The SMILES string of the molecule is Cl.Cl.[CH2]=[Zr]([C]1=C(C)C(C)=C(C)C1C)([c]1ccc(C)cc1)[C]1(C)C2=C3Cc4ccccc4C3=C3C=CCCC3C2(C)C(C)(C)C(C)(C)C1(C)C. The summed E-state index contributed by atoms with van der Waals surface area (Å²) in [6, 6.07) is 19.2. The molecule has 5 aliphatic rings. The maximum absolute atomic E-state index is 5.88. The molecule has 0 heterocycles. The Morgan fingerprint density at radius 2 is 1.37 bits per heavy atom. The summed E-state index contributed by atoms with van der Waals surface area (Å²) in [6.07, 6.45) is 8.46. The van der Waals surface area contributed by atoms with Crippen molar-refractivity contribution in [3.05, 3.63) is 114 Å². The molecule has 1 fully saturated rings. The molecule has 263 valence electrons. The van der Waals surface area contributed by atoms with Crippen LogP contribution in [0.15, 0.2) is 97.4 Å². The van der Waals surface area contributed by atoms with Gasteiger partial charge in [0.2, 0.25) is 0 Å². The Morgan fingerprint density at radius 1 is 0.755 bits per heavy atom. The van der Waals surface area contributed by atoms with Gasteiger partial charge in [-0.05, 0) is 0 Å². The van der Waals surface area contributed by atoms with Gasteiger partial charge in [-0.3, -0.25) is 0 Å². The van der Waals surface area contributed by atoms with E-state index in [0.29, 0.717) is 11.8 Å². The Labute approximate surface area is 315 Å². The summed E-state index contributed by atoms with van der Waals surface area (Å²) in [5.41, 5.74) is 15.7. The maximum atomic E-state index is 5.88. The van der Waals surface area contributed by atoms with Gasteiger partial charge in [0, 0.05) is 0 Å². The number of aryl methyl sites for hydroxylation is 1. The Kier molecular flexibility index (Phi) is 9.48. The Bertz CT molecular complexity index is 1940. The van der Waals surface area contributed by atoms with Crippen molar-refractivity contribution >= 4 is 37.9 Å². The van der Waals surface area contributed by atoms with Crippen LogP contribution in [0.1, 0.15) is 113 Å². The van der Waals surface area contributed by atoms with Crippen LogP contribution in [0.25, 0.3) is 5.57 Å². The first-order chi connectivity index (χ1) is 21.8. The predicted molar refractivity (Wildman–Crippen MR) is 216 cm³/mol. The molecular formula is C46H61Cl2Zr. The molecule has 0 saturated heterocycles. The van der Waals surface area contributed by atoms with E-state index in [1.54, 1.807) is 40.0 Å². The van der Waals surface area contributed by atoms with Crippen LogP contribution in [0.2, 0.25) is 3.12 Å². The molecule has 0 nitrogen and oxygen atoms in total. The van der Waals surface area contributed by atoms with Crippen molar-refractivity contribution in [3.63, 3.8) is 0 Å². The van der Waals surface area contributed by atoms with Gasteiger partial charge in [0.1, 0.15) is 0 Å². The molecule has 0 amide bonds. The monoisotopic (exact) mass is 773 g/mol. The molecule has 0 spiro atoms. The molecule has 2 aromatic carbocycles. The molecular weight excluding hydrogens is 715 g/mol. The third kappa shape index (κ3) is 4.34. The standard InChI is InChI=1S/C29H37.C9H13.C7H7.CH2.2ClH.Zr/c1-18-25-22-17-19-13-9-10-14-20(19)24(22)21-15-11-12-16-23(21)29(25,8)28(6,7)27(4,5)26(18,2)3;1-6-5-7(2)9(4)8(6)3;1-7-5-3-2-4-6-7;;;;/h9-11,13-15,23H,12,16-17H2,1-8H3;6H,1-4H3;3-6H,1H3;1H2;2*1H;. The van der Waals surface area contributed by atoms with Crippen molar-refractivity contribution in [1.82, 2.24) is 0 Å².